The second-order valence-electron chi connectivity index (χ2n) is 13.0. The molecule has 0 bridgehead atoms. The van der Waals surface area contributed by atoms with Gasteiger partial charge in [0.15, 0.2) is 0 Å². The fourth-order valence-corrected chi connectivity index (χ4v) is 101. The van der Waals surface area contributed by atoms with Gasteiger partial charge in [0, 0.05) is 0 Å². The Labute approximate surface area is 137 Å². The third-order valence-electron chi connectivity index (χ3n) is 17.9. The molecule has 0 saturated carbocycles. The zero-order chi connectivity index (χ0) is 16.5. The predicted molar refractivity (Wildman–Crippen MR) is 90.5 cm³/mol. The van der Waals surface area contributed by atoms with Gasteiger partial charge in [0.05, 0.1) is 0 Å². The molecule has 9 atom stereocenters. The van der Waals surface area contributed by atoms with E-state index in [0.29, 0.717) is 22.3 Å². The van der Waals surface area contributed by atoms with Crippen molar-refractivity contribution in [2.24, 2.45) is 0 Å². The monoisotopic (exact) mass is 374 g/mol. The van der Waals surface area contributed by atoms with E-state index in [0.717, 1.165) is 33.7 Å². The van der Waals surface area contributed by atoms with Gasteiger partial charge in [-0.25, -0.2) is 0 Å². The summed E-state index contributed by atoms with van der Waals surface area (Å²) in [6.45, 7) is 0.324. The molecule has 9 unspecified atom stereocenters. The summed E-state index contributed by atoms with van der Waals surface area (Å²) in [7, 11) is 0. The average molecular weight is 374 g/mol. The summed E-state index contributed by atoms with van der Waals surface area (Å²) in [5, 5.41) is 0. The SMILES string of the molecule is CC[C]12[CH]3[CH]4[C]5(C(C)=O)[CH]1[Fe]34251678[CH]2[CH]1[CH]6[C]7(C(=O)Cc1ccccc1)[CH]28. The van der Waals surface area contributed by atoms with E-state index in [1.54, 1.807) is 0 Å². The van der Waals surface area contributed by atoms with E-state index in [1.165, 1.54) is 12.0 Å². The normalized spacial score (nSPS) is 90.4. The Morgan fingerprint density at radius 1 is 1.00 bits per heavy atom. The maximum atomic E-state index is 13.9. The number of carbonyl (C=O) groups is 2. The summed E-state index contributed by atoms with van der Waals surface area (Å²) in [6, 6.07) is 10.4. The van der Waals surface area contributed by atoms with Gasteiger partial charge in [0.25, 0.3) is 0 Å². The van der Waals surface area contributed by atoms with E-state index in [2.05, 4.69) is 31.2 Å². The van der Waals surface area contributed by atoms with Crippen molar-refractivity contribution >= 4 is 11.6 Å². The van der Waals surface area contributed by atoms with Crippen LogP contribution in [0.25, 0.3) is 0 Å². The van der Waals surface area contributed by atoms with Gasteiger partial charge in [-0.2, -0.15) is 0 Å². The number of carbonyl (C=O) groups excluding carboxylic acids is 2. The number of benzene rings is 1. The minimum atomic E-state index is -4.03. The van der Waals surface area contributed by atoms with Gasteiger partial charge < -0.3 is 0 Å². The molecule has 1 spiro atoms. The molecule has 10 aliphatic heterocycles. The van der Waals surface area contributed by atoms with Crippen LogP contribution in [-0.2, 0) is 22.5 Å². The van der Waals surface area contributed by atoms with Crippen molar-refractivity contribution in [2.75, 3.05) is 0 Å². The first-order valence-corrected chi connectivity index (χ1v) is 16.2. The molecule has 130 valence electrons. The van der Waals surface area contributed by atoms with Crippen LogP contribution in [0.15, 0.2) is 30.3 Å². The van der Waals surface area contributed by atoms with Crippen molar-refractivity contribution in [1.82, 2.24) is 0 Å². The summed E-state index contributed by atoms with van der Waals surface area (Å²) in [6.07, 6.45) is 1.97. The summed E-state index contributed by atoms with van der Waals surface area (Å²) >= 11 is 0. The molecular formula is C22H22FeO2. The fourth-order valence-electron chi connectivity index (χ4n) is 21.0. The Morgan fingerprint density at radius 2 is 1.68 bits per heavy atom. The van der Waals surface area contributed by atoms with Crippen LogP contribution in [0.5, 0.6) is 0 Å². The molecular weight excluding hydrogens is 352 g/mol. The summed E-state index contributed by atoms with van der Waals surface area (Å²) in [5.41, 5.74) is 1.20. The van der Waals surface area contributed by atoms with Gasteiger partial charge in [-0.15, -0.1) is 0 Å². The van der Waals surface area contributed by atoms with Crippen LogP contribution in [0.4, 0.5) is 0 Å². The Balaban J connectivity index is 1.29. The number of rotatable bonds is 5. The van der Waals surface area contributed by atoms with Crippen LogP contribution in [0.2, 0.25) is 46.7 Å². The molecule has 11 rings (SSSR count). The molecule has 1 aromatic rings. The number of Topliss-reactive ketones (excluding diaryl/α,β-unsaturated/α-hetero) is 2. The molecule has 1 aromatic carbocycles. The van der Waals surface area contributed by atoms with Crippen molar-refractivity contribution in [3.63, 3.8) is 0 Å². The zero-order valence-corrected chi connectivity index (χ0v) is 15.6. The molecule has 0 N–H and O–H groups in total. The van der Waals surface area contributed by atoms with Crippen LogP contribution in [0, 0.1) is 0 Å². The zero-order valence-electron chi connectivity index (χ0n) is 14.5. The molecule has 0 amide bonds. The molecule has 3 heteroatoms. The van der Waals surface area contributed by atoms with Crippen LogP contribution >= 0.6 is 0 Å². The first-order chi connectivity index (χ1) is 11.8. The summed E-state index contributed by atoms with van der Waals surface area (Å²) < 4.78 is 0.967. The topological polar surface area (TPSA) is 34.1 Å². The van der Waals surface area contributed by atoms with Crippen molar-refractivity contribution in [3.8, 4) is 0 Å². The number of ketones is 2. The van der Waals surface area contributed by atoms with E-state index >= 15 is 0 Å². The van der Waals surface area contributed by atoms with Gasteiger partial charge in [-0.1, -0.05) is 0 Å². The molecule has 0 aliphatic carbocycles. The maximum absolute atomic E-state index is 13.9. The van der Waals surface area contributed by atoms with E-state index in [-0.39, 0.29) is 8.63 Å². The number of fused-ring (bicyclic) bond motifs is 10. The fraction of sp³-hybridized carbons (Fsp3) is 0.636. The first kappa shape index (κ1) is 11.0. The van der Waals surface area contributed by atoms with E-state index in [9.17, 15) is 9.59 Å². The third-order valence-corrected chi connectivity index (χ3v) is 62.0. The van der Waals surface area contributed by atoms with Crippen LogP contribution in [-0.4, -0.2) is 11.6 Å². The second kappa shape index (κ2) is 1.15. The summed E-state index contributed by atoms with van der Waals surface area (Å²) in [5.74, 6) is 1.19. The minimum absolute atomic E-state index is 0.154. The van der Waals surface area contributed by atoms with Gasteiger partial charge in [0.2, 0.25) is 0 Å². The van der Waals surface area contributed by atoms with Gasteiger partial charge in [0.1, 0.15) is 0 Å². The Hall–Kier alpha value is -0.921. The number of hydrogen-bond acceptors (Lipinski definition) is 2. The van der Waals surface area contributed by atoms with Crippen LogP contribution in [0.3, 0.4) is 0 Å². The van der Waals surface area contributed by atoms with Crippen molar-refractivity contribution in [1.29, 1.82) is 0 Å². The molecule has 25 heavy (non-hydrogen) atoms. The standard InChI is InChI=1S/C13H11O.C9H11O.Fe/c14-13(12-8-4-5-9-12)10-11-6-2-1-3-7-11;1-3-8-4-5-9(6-8)7(2)10;/h1-9H,10H2;4-6H,3H2,1-2H3;. The second-order valence-corrected chi connectivity index (χ2v) is 36.0. The molecule has 10 aliphatic rings. The Morgan fingerprint density at radius 3 is 2.16 bits per heavy atom. The first-order valence-electron chi connectivity index (χ1n) is 10.1. The predicted octanol–water partition coefficient (Wildman–Crippen LogP) is 5.30. The third kappa shape index (κ3) is 0.146. The molecule has 0 aromatic heterocycles. The van der Waals surface area contributed by atoms with Crippen LogP contribution in [0.1, 0.15) is 25.8 Å². The van der Waals surface area contributed by atoms with Gasteiger partial charge in [-0.3, -0.25) is 0 Å². The van der Waals surface area contributed by atoms with Crippen molar-refractivity contribution in [2.45, 2.75) is 73.3 Å². The molecule has 2 nitrogen and oxygen atoms in total. The Bertz CT molecular complexity index is 1530. The van der Waals surface area contributed by atoms with E-state index in [4.69, 9.17) is 0 Å². The molecule has 0 radical (unpaired) electrons. The Kier molecular flexibility index (Phi) is 0.506. The van der Waals surface area contributed by atoms with Crippen LogP contribution < -0.4 is 0 Å². The molecule has 10 heterocycles. The van der Waals surface area contributed by atoms with Gasteiger partial charge >= 0.3 is 137 Å². The number of hydrogen-bond donors (Lipinski definition) is 0. The molecule has 10 saturated heterocycles. The van der Waals surface area contributed by atoms with E-state index < -0.39 is 6.51 Å². The summed E-state index contributed by atoms with van der Waals surface area (Å²) in [4.78, 5) is 33.3. The molecule has 10 fully saturated rings. The van der Waals surface area contributed by atoms with Crippen molar-refractivity contribution in [3.05, 3.63) is 35.9 Å². The average Bonchev–Trinajstić information content (AvgIpc) is 3.55. The van der Waals surface area contributed by atoms with E-state index in [1.807, 2.05) is 13.0 Å². The van der Waals surface area contributed by atoms with Gasteiger partial charge in [-0.05, 0) is 0 Å². The quantitative estimate of drug-likeness (QED) is 0.656. The van der Waals surface area contributed by atoms with Crippen molar-refractivity contribution < 1.29 is 16.1 Å².